The lowest BCUT2D eigenvalue weighted by Crippen LogP contribution is -2.09. The van der Waals surface area contributed by atoms with E-state index in [4.69, 9.17) is 4.74 Å². The topological polar surface area (TPSA) is 26.3 Å². The first-order chi connectivity index (χ1) is 8.25. The second-order valence-electron chi connectivity index (χ2n) is 4.26. The molecule has 0 atom stereocenters. The zero-order valence-corrected chi connectivity index (χ0v) is 9.57. The highest BCUT2D eigenvalue weighted by Crippen LogP contribution is 2.35. The quantitative estimate of drug-likeness (QED) is 0.686. The fourth-order valence-electron chi connectivity index (χ4n) is 2.16. The first kappa shape index (κ1) is 10.1. The number of carbonyl (C=O) groups excluding carboxylic acids is 1. The van der Waals surface area contributed by atoms with Crippen LogP contribution in [0.1, 0.15) is 15.9 Å². The monoisotopic (exact) mass is 224 g/mol. The molecule has 2 aromatic carbocycles. The van der Waals surface area contributed by atoms with Crippen LogP contribution in [0.25, 0.3) is 11.1 Å². The van der Waals surface area contributed by atoms with E-state index in [0.717, 1.165) is 28.0 Å². The average Bonchev–Trinajstić information content (AvgIpc) is 2.49. The second kappa shape index (κ2) is 3.74. The van der Waals surface area contributed by atoms with Crippen molar-refractivity contribution in [2.75, 3.05) is 6.61 Å². The first-order valence-electron chi connectivity index (χ1n) is 5.62. The van der Waals surface area contributed by atoms with E-state index in [1.54, 1.807) is 0 Å². The molecule has 1 aliphatic heterocycles. The van der Waals surface area contributed by atoms with Crippen LogP contribution >= 0.6 is 0 Å². The Kier molecular flexibility index (Phi) is 2.22. The highest BCUT2D eigenvalue weighted by Gasteiger charge is 2.20. The van der Waals surface area contributed by atoms with Gasteiger partial charge in [0, 0.05) is 11.1 Å². The van der Waals surface area contributed by atoms with Crippen LogP contribution in [0.15, 0.2) is 42.5 Å². The summed E-state index contributed by atoms with van der Waals surface area (Å²) in [5.74, 6) is 0.823. The molecule has 0 saturated heterocycles. The van der Waals surface area contributed by atoms with Crippen molar-refractivity contribution in [2.45, 2.75) is 6.92 Å². The molecule has 2 heteroatoms. The van der Waals surface area contributed by atoms with Gasteiger partial charge in [-0.15, -0.1) is 0 Å². The SMILES string of the molecule is Cc1ccc2c(c1)-c1ccccc1C(=O)CO2. The van der Waals surface area contributed by atoms with Crippen LogP contribution in [0.3, 0.4) is 0 Å². The van der Waals surface area contributed by atoms with Gasteiger partial charge in [0.2, 0.25) is 5.78 Å². The minimum absolute atomic E-state index is 0.0365. The van der Waals surface area contributed by atoms with Gasteiger partial charge in [-0.05, 0) is 24.6 Å². The van der Waals surface area contributed by atoms with Crippen molar-refractivity contribution in [3.8, 4) is 16.9 Å². The van der Waals surface area contributed by atoms with Crippen LogP contribution in [0.5, 0.6) is 5.75 Å². The summed E-state index contributed by atoms with van der Waals surface area (Å²) in [7, 11) is 0. The maximum Gasteiger partial charge on any atom is 0.200 e. The van der Waals surface area contributed by atoms with Gasteiger partial charge in [-0.1, -0.05) is 35.9 Å². The van der Waals surface area contributed by atoms with Crippen LogP contribution in [0, 0.1) is 6.92 Å². The molecular formula is C15H12O2. The zero-order chi connectivity index (χ0) is 11.8. The molecule has 0 amide bonds. The number of fused-ring (bicyclic) bond motifs is 3. The van der Waals surface area contributed by atoms with E-state index in [1.807, 2.05) is 43.3 Å². The van der Waals surface area contributed by atoms with E-state index in [1.165, 1.54) is 0 Å². The van der Waals surface area contributed by atoms with Gasteiger partial charge >= 0.3 is 0 Å². The van der Waals surface area contributed by atoms with Crippen LogP contribution < -0.4 is 4.74 Å². The molecule has 0 saturated carbocycles. The molecule has 3 rings (SSSR count). The smallest absolute Gasteiger partial charge is 0.200 e. The van der Waals surface area contributed by atoms with Crippen molar-refractivity contribution in [1.82, 2.24) is 0 Å². The minimum atomic E-state index is 0.0365. The second-order valence-corrected chi connectivity index (χ2v) is 4.26. The number of benzene rings is 2. The third-order valence-corrected chi connectivity index (χ3v) is 3.01. The van der Waals surface area contributed by atoms with E-state index in [2.05, 4.69) is 6.07 Å². The molecule has 0 bridgehead atoms. The summed E-state index contributed by atoms with van der Waals surface area (Å²) in [6.07, 6.45) is 0. The van der Waals surface area contributed by atoms with Gasteiger partial charge in [-0.25, -0.2) is 0 Å². The van der Waals surface area contributed by atoms with E-state index >= 15 is 0 Å². The summed E-state index contributed by atoms with van der Waals surface area (Å²) in [6.45, 7) is 2.16. The molecule has 0 aliphatic carbocycles. The van der Waals surface area contributed by atoms with Gasteiger partial charge in [0.25, 0.3) is 0 Å². The summed E-state index contributed by atoms with van der Waals surface area (Å²) in [5, 5.41) is 0. The minimum Gasteiger partial charge on any atom is -0.485 e. The Hall–Kier alpha value is -2.09. The van der Waals surface area contributed by atoms with Crippen molar-refractivity contribution in [1.29, 1.82) is 0 Å². The molecule has 0 fully saturated rings. The van der Waals surface area contributed by atoms with Crippen LogP contribution in [0.2, 0.25) is 0 Å². The predicted molar refractivity (Wildman–Crippen MR) is 66.4 cm³/mol. The summed E-state index contributed by atoms with van der Waals surface area (Å²) in [4.78, 5) is 11.9. The zero-order valence-electron chi connectivity index (χ0n) is 9.57. The van der Waals surface area contributed by atoms with Gasteiger partial charge < -0.3 is 4.74 Å². The van der Waals surface area contributed by atoms with Gasteiger partial charge in [0.15, 0.2) is 6.61 Å². The number of hydrogen-bond acceptors (Lipinski definition) is 2. The van der Waals surface area contributed by atoms with E-state index < -0.39 is 0 Å². The largest absolute Gasteiger partial charge is 0.485 e. The molecule has 84 valence electrons. The summed E-state index contributed by atoms with van der Waals surface area (Å²) in [5.41, 5.74) is 3.88. The fraction of sp³-hybridized carbons (Fsp3) is 0.133. The molecular weight excluding hydrogens is 212 g/mol. The number of aryl methyl sites for hydroxylation is 1. The Bertz CT molecular complexity index is 600. The third kappa shape index (κ3) is 1.62. The molecule has 1 aliphatic rings. The van der Waals surface area contributed by atoms with Crippen molar-refractivity contribution in [3.05, 3.63) is 53.6 Å². The Morgan fingerprint density at radius 2 is 1.76 bits per heavy atom. The number of Topliss-reactive ketones (excluding diaryl/α,β-unsaturated/α-hetero) is 1. The molecule has 2 aromatic rings. The van der Waals surface area contributed by atoms with Crippen LogP contribution in [0.4, 0.5) is 0 Å². The van der Waals surface area contributed by atoms with Crippen molar-refractivity contribution >= 4 is 5.78 Å². The molecule has 0 aromatic heterocycles. The highest BCUT2D eigenvalue weighted by atomic mass is 16.5. The molecule has 0 radical (unpaired) electrons. The van der Waals surface area contributed by atoms with Gasteiger partial charge in [-0.3, -0.25) is 4.79 Å². The number of hydrogen-bond donors (Lipinski definition) is 0. The van der Waals surface area contributed by atoms with Crippen molar-refractivity contribution in [3.63, 3.8) is 0 Å². The van der Waals surface area contributed by atoms with E-state index in [9.17, 15) is 4.79 Å². The molecule has 2 nitrogen and oxygen atoms in total. The van der Waals surface area contributed by atoms with E-state index in [-0.39, 0.29) is 12.4 Å². The lowest BCUT2D eigenvalue weighted by molar-refractivity contribution is 0.0926. The summed E-state index contributed by atoms with van der Waals surface area (Å²) < 4.78 is 5.55. The molecule has 0 N–H and O–H groups in total. The molecule has 0 spiro atoms. The predicted octanol–water partition coefficient (Wildman–Crippen LogP) is 3.24. The summed E-state index contributed by atoms with van der Waals surface area (Å²) >= 11 is 0. The van der Waals surface area contributed by atoms with Gasteiger partial charge in [0.05, 0.1) is 0 Å². The maximum atomic E-state index is 11.9. The van der Waals surface area contributed by atoms with Crippen LogP contribution in [-0.2, 0) is 0 Å². The van der Waals surface area contributed by atoms with Crippen LogP contribution in [-0.4, -0.2) is 12.4 Å². The number of ether oxygens (including phenoxy) is 1. The Labute approximate surface area is 99.9 Å². The Morgan fingerprint density at radius 1 is 1.00 bits per heavy atom. The fourth-order valence-corrected chi connectivity index (χ4v) is 2.16. The number of ketones is 1. The average molecular weight is 224 g/mol. The van der Waals surface area contributed by atoms with Crippen molar-refractivity contribution in [2.24, 2.45) is 0 Å². The standard InChI is InChI=1S/C15H12O2/c1-10-6-7-15-13(8-10)11-4-2-3-5-12(11)14(16)9-17-15/h2-8H,9H2,1H3. The lowest BCUT2D eigenvalue weighted by atomic mass is 9.96. The number of rotatable bonds is 0. The maximum absolute atomic E-state index is 11.9. The normalized spacial score (nSPS) is 13.4. The van der Waals surface area contributed by atoms with Gasteiger partial charge in [-0.2, -0.15) is 0 Å². The highest BCUT2D eigenvalue weighted by molar-refractivity contribution is 6.04. The Morgan fingerprint density at radius 3 is 2.59 bits per heavy atom. The number of carbonyl (C=O) groups is 1. The summed E-state index contributed by atoms with van der Waals surface area (Å²) in [6, 6.07) is 13.7. The Balaban J connectivity index is 2.32. The first-order valence-corrected chi connectivity index (χ1v) is 5.62. The van der Waals surface area contributed by atoms with Crippen molar-refractivity contribution < 1.29 is 9.53 Å². The molecule has 0 unspecified atom stereocenters. The molecule has 1 heterocycles. The third-order valence-electron chi connectivity index (χ3n) is 3.01. The molecule has 17 heavy (non-hydrogen) atoms. The van der Waals surface area contributed by atoms with Gasteiger partial charge in [0.1, 0.15) is 5.75 Å². The lowest BCUT2D eigenvalue weighted by Gasteiger charge is -2.08. The van der Waals surface area contributed by atoms with E-state index in [0.29, 0.717) is 0 Å².